The van der Waals surface area contributed by atoms with Gasteiger partial charge < -0.3 is 4.74 Å². The lowest BCUT2D eigenvalue weighted by Crippen LogP contribution is -1.91. The van der Waals surface area contributed by atoms with Gasteiger partial charge in [0.15, 0.2) is 6.29 Å². The maximum atomic E-state index is 10.8. The SMILES string of the molecule is C=CCSc1c(C=O)cccc1OC. The molecular weight excluding hydrogens is 196 g/mol. The Hall–Kier alpha value is -1.22. The molecule has 14 heavy (non-hydrogen) atoms. The molecule has 0 saturated heterocycles. The summed E-state index contributed by atoms with van der Waals surface area (Å²) in [5.74, 6) is 1.50. The first-order chi connectivity index (χ1) is 6.83. The molecule has 1 rings (SSSR count). The van der Waals surface area contributed by atoms with Crippen LogP contribution >= 0.6 is 11.8 Å². The number of ether oxygens (including phenoxy) is 1. The number of hydrogen-bond donors (Lipinski definition) is 0. The van der Waals surface area contributed by atoms with Crippen molar-refractivity contribution in [3.63, 3.8) is 0 Å². The predicted octanol–water partition coefficient (Wildman–Crippen LogP) is 2.79. The summed E-state index contributed by atoms with van der Waals surface area (Å²) < 4.78 is 5.17. The van der Waals surface area contributed by atoms with E-state index in [2.05, 4.69) is 6.58 Å². The van der Waals surface area contributed by atoms with Crippen molar-refractivity contribution in [2.24, 2.45) is 0 Å². The minimum atomic E-state index is 0.663. The summed E-state index contributed by atoms with van der Waals surface area (Å²) in [5, 5.41) is 0. The van der Waals surface area contributed by atoms with Crippen LogP contribution in [0.15, 0.2) is 35.7 Å². The van der Waals surface area contributed by atoms with Crippen LogP contribution < -0.4 is 4.74 Å². The number of hydrogen-bond acceptors (Lipinski definition) is 3. The molecule has 0 spiro atoms. The summed E-state index contributed by atoms with van der Waals surface area (Å²) in [7, 11) is 1.60. The summed E-state index contributed by atoms with van der Waals surface area (Å²) in [4.78, 5) is 11.6. The summed E-state index contributed by atoms with van der Waals surface area (Å²) in [6.45, 7) is 3.64. The molecule has 0 aromatic heterocycles. The third kappa shape index (κ3) is 2.39. The van der Waals surface area contributed by atoms with Crippen LogP contribution in [-0.4, -0.2) is 19.1 Å². The van der Waals surface area contributed by atoms with E-state index in [-0.39, 0.29) is 0 Å². The Balaban J connectivity index is 3.05. The van der Waals surface area contributed by atoms with Crippen LogP contribution in [0.25, 0.3) is 0 Å². The molecule has 0 atom stereocenters. The third-order valence-electron chi connectivity index (χ3n) is 1.70. The van der Waals surface area contributed by atoms with Crippen molar-refractivity contribution in [3.8, 4) is 5.75 Å². The fourth-order valence-electron chi connectivity index (χ4n) is 1.08. The van der Waals surface area contributed by atoms with Crippen LogP contribution in [0, 0.1) is 0 Å². The monoisotopic (exact) mass is 208 g/mol. The fourth-order valence-corrected chi connectivity index (χ4v) is 1.94. The highest BCUT2D eigenvalue weighted by Crippen LogP contribution is 2.31. The smallest absolute Gasteiger partial charge is 0.151 e. The van der Waals surface area contributed by atoms with Crippen molar-refractivity contribution in [1.82, 2.24) is 0 Å². The van der Waals surface area contributed by atoms with Crippen molar-refractivity contribution in [2.45, 2.75) is 4.90 Å². The number of carbonyl (C=O) groups excluding carboxylic acids is 1. The Kier molecular flexibility index (Phi) is 4.26. The van der Waals surface area contributed by atoms with Gasteiger partial charge in [-0.05, 0) is 6.07 Å². The molecule has 2 nitrogen and oxygen atoms in total. The Morgan fingerprint density at radius 3 is 2.93 bits per heavy atom. The quantitative estimate of drug-likeness (QED) is 0.423. The lowest BCUT2D eigenvalue weighted by atomic mass is 10.2. The van der Waals surface area contributed by atoms with Gasteiger partial charge in [-0.15, -0.1) is 18.3 Å². The highest BCUT2D eigenvalue weighted by Gasteiger charge is 2.07. The van der Waals surface area contributed by atoms with E-state index in [0.29, 0.717) is 5.56 Å². The van der Waals surface area contributed by atoms with Crippen LogP contribution in [0.2, 0.25) is 0 Å². The van der Waals surface area contributed by atoms with Crippen molar-refractivity contribution in [1.29, 1.82) is 0 Å². The maximum absolute atomic E-state index is 10.8. The molecule has 0 aliphatic rings. The molecule has 0 N–H and O–H groups in total. The average molecular weight is 208 g/mol. The molecule has 3 heteroatoms. The topological polar surface area (TPSA) is 26.3 Å². The summed E-state index contributed by atoms with van der Waals surface area (Å²) in [6, 6.07) is 5.43. The molecule has 0 bridgehead atoms. The highest BCUT2D eigenvalue weighted by atomic mass is 32.2. The Morgan fingerprint density at radius 1 is 1.57 bits per heavy atom. The largest absolute Gasteiger partial charge is 0.496 e. The normalized spacial score (nSPS) is 9.50. The highest BCUT2D eigenvalue weighted by molar-refractivity contribution is 7.99. The fraction of sp³-hybridized carbons (Fsp3) is 0.182. The zero-order chi connectivity index (χ0) is 10.4. The molecular formula is C11H12O2S. The van der Waals surface area contributed by atoms with Crippen LogP contribution in [0.1, 0.15) is 10.4 Å². The second-order valence-electron chi connectivity index (χ2n) is 2.60. The third-order valence-corrected chi connectivity index (χ3v) is 2.83. The first kappa shape index (κ1) is 10.9. The van der Waals surface area contributed by atoms with Gasteiger partial charge in [0.25, 0.3) is 0 Å². The average Bonchev–Trinajstić information content (AvgIpc) is 2.25. The van der Waals surface area contributed by atoms with Crippen molar-refractivity contribution >= 4 is 18.0 Å². The van der Waals surface area contributed by atoms with E-state index >= 15 is 0 Å². The molecule has 0 aliphatic heterocycles. The van der Waals surface area contributed by atoms with Crippen LogP contribution in [-0.2, 0) is 0 Å². The van der Waals surface area contributed by atoms with Crippen LogP contribution in [0.3, 0.4) is 0 Å². The number of benzene rings is 1. The lowest BCUT2D eigenvalue weighted by Gasteiger charge is -2.08. The van der Waals surface area contributed by atoms with Crippen molar-refractivity contribution < 1.29 is 9.53 Å². The maximum Gasteiger partial charge on any atom is 0.151 e. The Labute approximate surface area is 88.0 Å². The van der Waals surface area contributed by atoms with Gasteiger partial charge in [0.1, 0.15) is 5.75 Å². The van der Waals surface area contributed by atoms with Gasteiger partial charge >= 0.3 is 0 Å². The van der Waals surface area contributed by atoms with Crippen LogP contribution in [0.5, 0.6) is 5.75 Å². The molecule has 0 radical (unpaired) electrons. The second-order valence-corrected chi connectivity index (χ2v) is 3.63. The Bertz CT molecular complexity index is 334. The van der Waals surface area contributed by atoms with E-state index in [1.165, 1.54) is 0 Å². The van der Waals surface area contributed by atoms with E-state index in [9.17, 15) is 4.79 Å². The molecule has 1 aromatic carbocycles. The van der Waals surface area contributed by atoms with Gasteiger partial charge in [0.2, 0.25) is 0 Å². The van der Waals surface area contributed by atoms with Crippen molar-refractivity contribution in [3.05, 3.63) is 36.4 Å². The van der Waals surface area contributed by atoms with Gasteiger partial charge in [0.05, 0.1) is 12.0 Å². The van der Waals surface area contributed by atoms with Gasteiger partial charge in [-0.25, -0.2) is 0 Å². The number of carbonyl (C=O) groups is 1. The summed E-state index contributed by atoms with van der Waals surface area (Å²) >= 11 is 1.55. The van der Waals surface area contributed by atoms with E-state index in [1.54, 1.807) is 37.1 Å². The van der Waals surface area contributed by atoms with Crippen LogP contribution in [0.4, 0.5) is 0 Å². The molecule has 1 aromatic rings. The summed E-state index contributed by atoms with van der Waals surface area (Å²) in [5.41, 5.74) is 0.663. The predicted molar refractivity (Wildman–Crippen MR) is 59.3 cm³/mol. The molecule has 0 unspecified atom stereocenters. The number of thioether (sulfide) groups is 1. The minimum Gasteiger partial charge on any atom is -0.496 e. The van der Waals surface area contributed by atoms with Gasteiger partial charge in [-0.1, -0.05) is 18.2 Å². The molecule has 0 amide bonds. The first-order valence-corrected chi connectivity index (χ1v) is 5.18. The lowest BCUT2D eigenvalue weighted by molar-refractivity contribution is 0.112. The Morgan fingerprint density at radius 2 is 2.36 bits per heavy atom. The van der Waals surface area contributed by atoms with E-state index in [1.807, 2.05) is 6.07 Å². The van der Waals surface area contributed by atoms with Gasteiger partial charge in [0, 0.05) is 11.3 Å². The number of rotatable bonds is 5. The van der Waals surface area contributed by atoms with Gasteiger partial charge in [-0.3, -0.25) is 4.79 Å². The molecule has 0 aliphatic carbocycles. The summed E-state index contributed by atoms with van der Waals surface area (Å²) in [6.07, 6.45) is 2.64. The molecule has 0 heterocycles. The van der Waals surface area contributed by atoms with Gasteiger partial charge in [-0.2, -0.15) is 0 Å². The zero-order valence-electron chi connectivity index (χ0n) is 8.03. The van der Waals surface area contributed by atoms with E-state index in [4.69, 9.17) is 4.74 Å². The van der Waals surface area contributed by atoms with E-state index < -0.39 is 0 Å². The zero-order valence-corrected chi connectivity index (χ0v) is 8.84. The number of aldehydes is 1. The second kappa shape index (κ2) is 5.50. The van der Waals surface area contributed by atoms with E-state index in [0.717, 1.165) is 22.7 Å². The number of methoxy groups -OCH3 is 1. The minimum absolute atomic E-state index is 0.663. The van der Waals surface area contributed by atoms with Crippen molar-refractivity contribution in [2.75, 3.05) is 12.9 Å². The molecule has 74 valence electrons. The molecule has 0 saturated carbocycles. The molecule has 0 fully saturated rings. The first-order valence-electron chi connectivity index (χ1n) is 4.19. The standard InChI is InChI=1S/C11H12O2S/c1-3-7-14-11-9(8-12)5-4-6-10(11)13-2/h3-6,8H,1,7H2,2H3.